The van der Waals surface area contributed by atoms with Crippen LogP contribution in [0.1, 0.15) is 18.4 Å². The third-order valence-corrected chi connectivity index (χ3v) is 3.09. The number of carbonyl (C=O) groups excluding carboxylic acids is 2. The Kier molecular flexibility index (Phi) is 9.54. The molecule has 0 spiro atoms. The van der Waals surface area contributed by atoms with Crippen LogP contribution < -0.4 is 5.32 Å². The van der Waals surface area contributed by atoms with E-state index in [4.69, 9.17) is 4.74 Å². The fraction of sp³-hybridized carbons (Fsp3) is 0.294. The quantitative estimate of drug-likeness (QED) is 0.432. The van der Waals surface area contributed by atoms with E-state index in [1.54, 1.807) is 11.5 Å². The van der Waals surface area contributed by atoms with E-state index >= 15 is 0 Å². The van der Waals surface area contributed by atoms with Crippen LogP contribution in [0.4, 0.5) is 0 Å². The molecule has 0 bridgehead atoms. The van der Waals surface area contributed by atoms with Crippen LogP contribution in [0.5, 0.6) is 0 Å². The molecule has 0 aliphatic rings. The first-order valence-electron chi connectivity index (χ1n) is 7.09. The number of hydrogen-bond acceptors (Lipinski definition) is 4. The molecule has 0 fully saturated rings. The molecule has 1 aromatic rings. The minimum atomic E-state index is -0.329. The Balaban J connectivity index is 2.07. The normalized spacial score (nSPS) is 11.0. The fourth-order valence-corrected chi connectivity index (χ4v) is 1.83. The smallest absolute Gasteiger partial charge is 0.331 e. The maximum absolute atomic E-state index is 11.6. The van der Waals surface area contributed by atoms with E-state index in [-0.39, 0.29) is 11.9 Å². The first kappa shape index (κ1) is 18.0. The summed E-state index contributed by atoms with van der Waals surface area (Å²) in [7, 11) is 0. The molecule has 1 N–H and O–H groups in total. The number of hydrogen-bond donors (Lipinski definition) is 1. The van der Waals surface area contributed by atoms with Crippen LogP contribution in [0.15, 0.2) is 47.9 Å². The summed E-state index contributed by atoms with van der Waals surface area (Å²) in [6.45, 7) is 0.934. The highest BCUT2D eigenvalue weighted by molar-refractivity contribution is 8.01. The molecular weight excluding hydrogens is 298 g/mol. The van der Waals surface area contributed by atoms with Gasteiger partial charge < -0.3 is 10.1 Å². The van der Waals surface area contributed by atoms with Crippen LogP contribution in [-0.2, 0) is 14.3 Å². The number of ether oxygens (including phenoxy) is 1. The molecule has 0 atom stereocenters. The highest BCUT2D eigenvalue weighted by Crippen LogP contribution is 2.00. The van der Waals surface area contributed by atoms with E-state index in [2.05, 4.69) is 5.32 Å². The Hall–Kier alpha value is -2.01. The van der Waals surface area contributed by atoms with Gasteiger partial charge in [-0.3, -0.25) is 4.79 Å². The van der Waals surface area contributed by atoms with Crippen molar-refractivity contribution < 1.29 is 14.3 Å². The highest BCUT2D eigenvalue weighted by Gasteiger charge is 1.98. The van der Waals surface area contributed by atoms with Gasteiger partial charge in [0, 0.05) is 18.7 Å². The summed E-state index contributed by atoms with van der Waals surface area (Å²) in [6.07, 6.45) is 8.06. The van der Waals surface area contributed by atoms with Gasteiger partial charge in [0.25, 0.3) is 0 Å². The lowest BCUT2D eigenvalue weighted by molar-refractivity contribution is -0.137. The van der Waals surface area contributed by atoms with E-state index in [1.807, 2.05) is 36.6 Å². The Bertz CT molecular complexity index is 512. The molecule has 1 rings (SSSR count). The summed E-state index contributed by atoms with van der Waals surface area (Å²) in [5.74, 6) is -0.451. The largest absolute Gasteiger partial charge is 0.463 e. The van der Waals surface area contributed by atoms with Gasteiger partial charge in [0.1, 0.15) is 0 Å². The lowest BCUT2D eigenvalue weighted by Gasteiger charge is -2.03. The van der Waals surface area contributed by atoms with Crippen LogP contribution in [0.3, 0.4) is 0 Å². The number of benzene rings is 1. The summed E-state index contributed by atoms with van der Waals surface area (Å²) in [5.41, 5.74) is 0.989. The Morgan fingerprint density at radius 3 is 2.68 bits per heavy atom. The van der Waals surface area contributed by atoms with Gasteiger partial charge in [0.05, 0.1) is 6.61 Å². The summed E-state index contributed by atoms with van der Waals surface area (Å²) in [5, 5.41) is 4.47. The summed E-state index contributed by atoms with van der Waals surface area (Å²) in [4.78, 5) is 22.7. The third kappa shape index (κ3) is 9.02. The standard InChI is InChI=1S/C17H21NO3S/c1-22-14-11-17(20)21-13-6-5-12-18-16(19)10-9-15-7-3-2-4-8-15/h2-4,7-11,14H,5-6,12-13H2,1H3,(H,18,19)/b10-9+,14-11+. The topological polar surface area (TPSA) is 55.4 Å². The molecule has 4 nitrogen and oxygen atoms in total. The Labute approximate surface area is 135 Å². The summed E-state index contributed by atoms with van der Waals surface area (Å²) in [6, 6.07) is 9.65. The molecule has 0 radical (unpaired) electrons. The van der Waals surface area contributed by atoms with Crippen molar-refractivity contribution in [1.29, 1.82) is 0 Å². The van der Waals surface area contributed by atoms with E-state index < -0.39 is 0 Å². The van der Waals surface area contributed by atoms with E-state index in [9.17, 15) is 9.59 Å². The third-order valence-electron chi connectivity index (χ3n) is 2.68. The predicted molar refractivity (Wildman–Crippen MR) is 91.3 cm³/mol. The lowest BCUT2D eigenvalue weighted by atomic mass is 10.2. The van der Waals surface area contributed by atoms with E-state index in [1.165, 1.54) is 23.9 Å². The molecule has 0 aliphatic carbocycles. The maximum Gasteiger partial charge on any atom is 0.331 e. The summed E-state index contributed by atoms with van der Waals surface area (Å²) >= 11 is 1.45. The van der Waals surface area contributed by atoms with Crippen LogP contribution in [0.2, 0.25) is 0 Å². The van der Waals surface area contributed by atoms with Gasteiger partial charge in [-0.2, -0.15) is 0 Å². The second kappa shape index (κ2) is 11.6. The molecule has 0 heterocycles. The first-order valence-corrected chi connectivity index (χ1v) is 8.38. The van der Waals surface area contributed by atoms with Crippen molar-refractivity contribution in [3.8, 4) is 0 Å². The summed E-state index contributed by atoms with van der Waals surface area (Å²) < 4.78 is 4.99. The average molecular weight is 319 g/mol. The molecule has 0 unspecified atom stereocenters. The minimum Gasteiger partial charge on any atom is -0.463 e. The Morgan fingerprint density at radius 1 is 1.18 bits per heavy atom. The maximum atomic E-state index is 11.6. The minimum absolute atomic E-state index is 0.122. The van der Waals surface area contributed by atoms with Gasteiger partial charge in [-0.15, -0.1) is 11.8 Å². The predicted octanol–water partition coefficient (Wildman–Crippen LogP) is 3.02. The molecule has 0 saturated heterocycles. The number of esters is 1. The zero-order chi connectivity index (χ0) is 16.0. The molecule has 5 heteroatoms. The number of amides is 1. The second-order valence-electron chi connectivity index (χ2n) is 4.45. The van der Waals surface area contributed by atoms with Crippen molar-refractivity contribution in [3.05, 3.63) is 53.5 Å². The SMILES string of the molecule is CS/C=C/C(=O)OCCCCNC(=O)/C=C/c1ccccc1. The van der Waals surface area contributed by atoms with Crippen molar-refractivity contribution in [2.24, 2.45) is 0 Å². The zero-order valence-corrected chi connectivity index (χ0v) is 13.5. The van der Waals surface area contributed by atoms with Crippen LogP contribution in [0, 0.1) is 0 Å². The van der Waals surface area contributed by atoms with Gasteiger partial charge in [0.2, 0.25) is 5.91 Å². The molecule has 22 heavy (non-hydrogen) atoms. The number of nitrogens with one attached hydrogen (secondary N) is 1. The van der Waals surface area contributed by atoms with Gasteiger partial charge in [-0.1, -0.05) is 30.3 Å². The molecule has 0 aliphatic heterocycles. The molecule has 1 amide bonds. The number of carbonyl (C=O) groups is 2. The monoisotopic (exact) mass is 319 g/mol. The number of rotatable bonds is 9. The molecule has 1 aromatic carbocycles. The van der Waals surface area contributed by atoms with Crippen molar-refractivity contribution in [2.45, 2.75) is 12.8 Å². The second-order valence-corrected chi connectivity index (χ2v) is 5.19. The van der Waals surface area contributed by atoms with Gasteiger partial charge >= 0.3 is 5.97 Å². The fourth-order valence-electron chi connectivity index (χ4n) is 1.58. The van der Waals surface area contributed by atoms with Crippen LogP contribution in [0.25, 0.3) is 6.08 Å². The van der Waals surface area contributed by atoms with Crippen molar-refractivity contribution in [3.63, 3.8) is 0 Å². The Morgan fingerprint density at radius 2 is 1.95 bits per heavy atom. The number of unbranched alkanes of at least 4 members (excludes halogenated alkanes) is 1. The number of thioether (sulfide) groups is 1. The average Bonchev–Trinajstić information content (AvgIpc) is 2.55. The van der Waals surface area contributed by atoms with Crippen molar-refractivity contribution in [1.82, 2.24) is 5.32 Å². The molecule has 118 valence electrons. The first-order chi connectivity index (χ1) is 10.7. The van der Waals surface area contributed by atoms with Gasteiger partial charge in [-0.25, -0.2) is 4.79 Å². The van der Waals surface area contributed by atoms with Crippen molar-refractivity contribution in [2.75, 3.05) is 19.4 Å². The zero-order valence-electron chi connectivity index (χ0n) is 12.7. The van der Waals surface area contributed by atoms with E-state index in [0.717, 1.165) is 18.4 Å². The molecule has 0 aromatic heterocycles. The van der Waals surface area contributed by atoms with Gasteiger partial charge in [0.15, 0.2) is 0 Å². The van der Waals surface area contributed by atoms with E-state index in [0.29, 0.717) is 13.2 Å². The highest BCUT2D eigenvalue weighted by atomic mass is 32.2. The molecular formula is C17H21NO3S. The van der Waals surface area contributed by atoms with Crippen molar-refractivity contribution >= 4 is 29.7 Å². The van der Waals surface area contributed by atoms with Gasteiger partial charge in [-0.05, 0) is 36.1 Å². The van der Waals surface area contributed by atoms with Crippen LogP contribution in [-0.4, -0.2) is 31.3 Å². The lowest BCUT2D eigenvalue weighted by Crippen LogP contribution is -2.22. The molecule has 0 saturated carbocycles. The van der Waals surface area contributed by atoms with Crippen LogP contribution >= 0.6 is 11.8 Å².